The van der Waals surface area contributed by atoms with E-state index < -0.39 is 5.60 Å². The summed E-state index contributed by atoms with van der Waals surface area (Å²) in [7, 11) is 0. The SMILES string of the molecule is CC(C)NCc1cn(CC2(O)CCCCC2)nn1. The average molecular weight is 252 g/mol. The number of aromatic nitrogens is 3. The van der Waals surface area contributed by atoms with E-state index >= 15 is 0 Å². The minimum Gasteiger partial charge on any atom is -0.388 e. The third kappa shape index (κ3) is 3.78. The van der Waals surface area contributed by atoms with Crippen molar-refractivity contribution in [2.24, 2.45) is 0 Å². The van der Waals surface area contributed by atoms with Gasteiger partial charge in [0.25, 0.3) is 0 Å². The molecule has 0 aliphatic heterocycles. The van der Waals surface area contributed by atoms with Crippen molar-refractivity contribution in [1.82, 2.24) is 20.3 Å². The number of rotatable bonds is 5. The van der Waals surface area contributed by atoms with E-state index in [2.05, 4.69) is 29.5 Å². The van der Waals surface area contributed by atoms with Gasteiger partial charge in [0, 0.05) is 18.8 Å². The Morgan fingerprint density at radius 3 is 2.78 bits per heavy atom. The number of hydrogen-bond donors (Lipinski definition) is 2. The summed E-state index contributed by atoms with van der Waals surface area (Å²) < 4.78 is 1.78. The van der Waals surface area contributed by atoms with Gasteiger partial charge >= 0.3 is 0 Å². The molecule has 1 aromatic rings. The van der Waals surface area contributed by atoms with Gasteiger partial charge in [0.15, 0.2) is 0 Å². The fraction of sp³-hybridized carbons (Fsp3) is 0.846. The molecule has 1 heterocycles. The molecule has 102 valence electrons. The van der Waals surface area contributed by atoms with Gasteiger partial charge in [-0.05, 0) is 12.8 Å². The van der Waals surface area contributed by atoms with Gasteiger partial charge in [-0.25, -0.2) is 4.68 Å². The second kappa shape index (κ2) is 5.80. The lowest BCUT2D eigenvalue weighted by molar-refractivity contribution is -0.0146. The maximum absolute atomic E-state index is 10.4. The van der Waals surface area contributed by atoms with E-state index in [4.69, 9.17) is 0 Å². The fourth-order valence-corrected chi connectivity index (χ4v) is 2.48. The summed E-state index contributed by atoms with van der Waals surface area (Å²) in [4.78, 5) is 0. The lowest BCUT2D eigenvalue weighted by Crippen LogP contribution is -2.36. The zero-order chi connectivity index (χ0) is 13.0. The summed E-state index contributed by atoms with van der Waals surface area (Å²) in [6.07, 6.45) is 7.17. The highest BCUT2D eigenvalue weighted by molar-refractivity contribution is 4.93. The first kappa shape index (κ1) is 13.5. The van der Waals surface area contributed by atoms with Crippen LogP contribution in [-0.4, -0.2) is 31.7 Å². The third-order valence-electron chi connectivity index (χ3n) is 3.52. The van der Waals surface area contributed by atoms with Crippen LogP contribution in [0.25, 0.3) is 0 Å². The highest BCUT2D eigenvalue weighted by atomic mass is 16.3. The normalized spacial score (nSPS) is 19.3. The fourth-order valence-electron chi connectivity index (χ4n) is 2.48. The zero-order valence-electron chi connectivity index (χ0n) is 11.4. The van der Waals surface area contributed by atoms with Crippen LogP contribution in [0.2, 0.25) is 0 Å². The van der Waals surface area contributed by atoms with Gasteiger partial charge in [-0.3, -0.25) is 0 Å². The molecule has 1 fully saturated rings. The number of nitrogens with zero attached hydrogens (tertiary/aromatic N) is 3. The van der Waals surface area contributed by atoms with E-state index in [1.165, 1.54) is 6.42 Å². The molecule has 0 unspecified atom stereocenters. The first-order valence-electron chi connectivity index (χ1n) is 6.92. The lowest BCUT2D eigenvalue weighted by atomic mass is 9.85. The van der Waals surface area contributed by atoms with Crippen LogP contribution < -0.4 is 5.32 Å². The molecule has 1 aromatic heterocycles. The van der Waals surface area contributed by atoms with Crippen molar-refractivity contribution in [2.75, 3.05) is 0 Å². The minimum absolute atomic E-state index is 0.442. The molecule has 0 amide bonds. The maximum Gasteiger partial charge on any atom is 0.0964 e. The monoisotopic (exact) mass is 252 g/mol. The Hall–Kier alpha value is -0.940. The molecule has 1 aliphatic carbocycles. The van der Waals surface area contributed by atoms with Crippen LogP contribution in [0.1, 0.15) is 51.6 Å². The molecule has 0 atom stereocenters. The predicted octanol–water partition coefficient (Wildman–Crippen LogP) is 1.47. The van der Waals surface area contributed by atoms with Crippen molar-refractivity contribution in [3.8, 4) is 0 Å². The second-order valence-electron chi connectivity index (χ2n) is 5.73. The standard InChI is InChI=1S/C13H24N4O/c1-11(2)14-8-12-9-17(16-15-12)10-13(18)6-4-3-5-7-13/h9,11,14,18H,3-8,10H2,1-2H3. The Morgan fingerprint density at radius 1 is 1.39 bits per heavy atom. The van der Waals surface area contributed by atoms with Crippen LogP contribution in [0.3, 0.4) is 0 Å². The van der Waals surface area contributed by atoms with Crippen molar-refractivity contribution < 1.29 is 5.11 Å². The van der Waals surface area contributed by atoms with E-state index in [1.54, 1.807) is 4.68 Å². The molecule has 1 saturated carbocycles. The van der Waals surface area contributed by atoms with Crippen LogP contribution >= 0.6 is 0 Å². The Morgan fingerprint density at radius 2 is 2.11 bits per heavy atom. The zero-order valence-corrected chi connectivity index (χ0v) is 11.4. The molecule has 5 heteroatoms. The van der Waals surface area contributed by atoms with Crippen molar-refractivity contribution in [2.45, 2.75) is 70.7 Å². The molecule has 1 aliphatic rings. The molecule has 5 nitrogen and oxygen atoms in total. The molecular weight excluding hydrogens is 228 g/mol. The quantitative estimate of drug-likeness (QED) is 0.833. The van der Waals surface area contributed by atoms with Crippen LogP contribution in [0.5, 0.6) is 0 Å². The van der Waals surface area contributed by atoms with Crippen LogP contribution in [0, 0.1) is 0 Å². The van der Waals surface area contributed by atoms with Crippen LogP contribution in [-0.2, 0) is 13.1 Å². The van der Waals surface area contributed by atoms with Crippen LogP contribution in [0.4, 0.5) is 0 Å². The molecule has 0 spiro atoms. The highest BCUT2D eigenvalue weighted by Crippen LogP contribution is 2.29. The van der Waals surface area contributed by atoms with E-state index in [-0.39, 0.29) is 0 Å². The Bertz CT molecular complexity index is 369. The van der Waals surface area contributed by atoms with Gasteiger partial charge in [-0.1, -0.05) is 38.3 Å². The summed E-state index contributed by atoms with van der Waals surface area (Å²) in [5.74, 6) is 0. The molecule has 2 N–H and O–H groups in total. The summed E-state index contributed by atoms with van der Waals surface area (Å²) in [6, 6.07) is 0.442. The first-order chi connectivity index (χ1) is 8.57. The Balaban J connectivity index is 1.89. The summed E-state index contributed by atoms with van der Waals surface area (Å²) in [6.45, 7) is 5.52. The average Bonchev–Trinajstić information content (AvgIpc) is 2.74. The number of nitrogens with one attached hydrogen (secondary N) is 1. The Labute approximate surface area is 109 Å². The van der Waals surface area contributed by atoms with Crippen molar-refractivity contribution in [3.63, 3.8) is 0 Å². The van der Waals surface area contributed by atoms with E-state index in [0.29, 0.717) is 12.6 Å². The van der Waals surface area contributed by atoms with Gasteiger partial charge < -0.3 is 10.4 Å². The lowest BCUT2D eigenvalue weighted by Gasteiger charge is -2.31. The van der Waals surface area contributed by atoms with Gasteiger partial charge in [0.05, 0.1) is 17.8 Å². The number of hydrogen-bond acceptors (Lipinski definition) is 4. The van der Waals surface area contributed by atoms with Crippen molar-refractivity contribution in [1.29, 1.82) is 0 Å². The summed E-state index contributed by atoms with van der Waals surface area (Å²) in [5, 5.41) is 22.0. The van der Waals surface area contributed by atoms with E-state index in [1.807, 2.05) is 6.20 Å². The predicted molar refractivity (Wildman–Crippen MR) is 70.0 cm³/mol. The molecule has 2 rings (SSSR count). The third-order valence-corrected chi connectivity index (χ3v) is 3.52. The van der Waals surface area contributed by atoms with Gasteiger partial charge in [0.1, 0.15) is 0 Å². The molecular formula is C13H24N4O. The highest BCUT2D eigenvalue weighted by Gasteiger charge is 2.29. The molecule has 0 bridgehead atoms. The summed E-state index contributed by atoms with van der Waals surface area (Å²) >= 11 is 0. The van der Waals surface area contributed by atoms with Crippen molar-refractivity contribution >= 4 is 0 Å². The minimum atomic E-state index is -0.575. The largest absolute Gasteiger partial charge is 0.388 e. The van der Waals surface area contributed by atoms with E-state index in [0.717, 1.165) is 37.9 Å². The molecule has 18 heavy (non-hydrogen) atoms. The topological polar surface area (TPSA) is 63.0 Å². The first-order valence-corrected chi connectivity index (χ1v) is 6.92. The maximum atomic E-state index is 10.4. The Kier molecular flexibility index (Phi) is 4.35. The second-order valence-corrected chi connectivity index (χ2v) is 5.73. The smallest absolute Gasteiger partial charge is 0.0964 e. The van der Waals surface area contributed by atoms with Crippen LogP contribution in [0.15, 0.2) is 6.20 Å². The van der Waals surface area contributed by atoms with Gasteiger partial charge in [-0.15, -0.1) is 5.10 Å². The summed E-state index contributed by atoms with van der Waals surface area (Å²) in [5.41, 5.74) is 0.359. The van der Waals surface area contributed by atoms with Crippen molar-refractivity contribution in [3.05, 3.63) is 11.9 Å². The van der Waals surface area contributed by atoms with E-state index in [9.17, 15) is 5.11 Å². The molecule has 0 saturated heterocycles. The van der Waals surface area contributed by atoms with Gasteiger partial charge in [0.2, 0.25) is 0 Å². The van der Waals surface area contributed by atoms with Gasteiger partial charge in [-0.2, -0.15) is 0 Å². The number of aliphatic hydroxyl groups is 1. The molecule has 0 aromatic carbocycles. The molecule has 0 radical (unpaired) electrons.